The van der Waals surface area contributed by atoms with Gasteiger partial charge < -0.3 is 15.2 Å². The minimum Gasteiger partial charge on any atom is -0.486 e. The summed E-state index contributed by atoms with van der Waals surface area (Å²) < 4.78 is 25.1. The number of ether oxygens (including phenoxy) is 2. The highest BCUT2D eigenvalue weighted by Crippen LogP contribution is 2.39. The molecule has 0 bridgehead atoms. The Hall–Kier alpha value is -1.29. The molecule has 1 aliphatic heterocycles. The molecule has 1 aromatic carbocycles. The highest BCUT2D eigenvalue weighted by atomic mass is 19.1. The maximum absolute atomic E-state index is 14.0. The van der Waals surface area contributed by atoms with Crippen molar-refractivity contribution < 1.29 is 13.9 Å². The summed E-state index contributed by atoms with van der Waals surface area (Å²) in [5.74, 6) is 1.35. The molecule has 0 unspecified atom stereocenters. The number of alkyl halides is 1. The van der Waals surface area contributed by atoms with E-state index >= 15 is 0 Å². The molecule has 4 heteroatoms. The summed E-state index contributed by atoms with van der Waals surface area (Å²) in [6, 6.07) is 3.54. The molecule has 0 radical (unpaired) electrons. The van der Waals surface area contributed by atoms with Crippen molar-refractivity contribution in [3.63, 3.8) is 0 Å². The van der Waals surface area contributed by atoms with Crippen LogP contribution in [0.3, 0.4) is 0 Å². The van der Waals surface area contributed by atoms with Crippen LogP contribution in [0.1, 0.15) is 25.0 Å². The third-order valence-electron chi connectivity index (χ3n) is 2.82. The summed E-state index contributed by atoms with van der Waals surface area (Å²) in [4.78, 5) is 0. The smallest absolute Gasteiger partial charge is 0.164 e. The summed E-state index contributed by atoms with van der Waals surface area (Å²) in [5.41, 5.74) is 5.70. The van der Waals surface area contributed by atoms with Crippen LogP contribution in [0.2, 0.25) is 0 Å². The molecule has 0 aliphatic carbocycles. The van der Waals surface area contributed by atoms with Crippen LogP contribution in [0.5, 0.6) is 11.5 Å². The van der Waals surface area contributed by atoms with Gasteiger partial charge in [0.2, 0.25) is 0 Å². The van der Waals surface area contributed by atoms with Crippen molar-refractivity contribution in [2.24, 2.45) is 5.73 Å². The van der Waals surface area contributed by atoms with Gasteiger partial charge in [-0.3, -0.25) is 0 Å². The third-order valence-corrected chi connectivity index (χ3v) is 2.82. The standard InChI is InChI=1S/C13H18FNO2/c1-13(2,14)10-7-9(3-4-15)12-11(8-10)16-5-6-17-12/h7-8H,3-6,15H2,1-2H3. The van der Waals surface area contributed by atoms with Crippen molar-refractivity contribution in [3.05, 3.63) is 23.3 Å². The number of fused-ring (bicyclic) bond motifs is 1. The van der Waals surface area contributed by atoms with E-state index in [2.05, 4.69) is 0 Å². The Balaban J connectivity index is 2.48. The topological polar surface area (TPSA) is 44.5 Å². The number of hydrogen-bond acceptors (Lipinski definition) is 3. The fourth-order valence-electron chi connectivity index (χ4n) is 1.91. The van der Waals surface area contributed by atoms with Gasteiger partial charge in [-0.25, -0.2) is 4.39 Å². The zero-order valence-corrected chi connectivity index (χ0v) is 10.3. The molecule has 17 heavy (non-hydrogen) atoms. The van der Waals surface area contributed by atoms with E-state index in [1.807, 2.05) is 6.07 Å². The maximum Gasteiger partial charge on any atom is 0.164 e. The first kappa shape index (κ1) is 12.2. The lowest BCUT2D eigenvalue weighted by atomic mass is 9.95. The van der Waals surface area contributed by atoms with E-state index in [9.17, 15) is 4.39 Å². The molecule has 94 valence electrons. The van der Waals surface area contributed by atoms with E-state index in [-0.39, 0.29) is 0 Å². The van der Waals surface area contributed by atoms with Gasteiger partial charge in [-0.1, -0.05) is 0 Å². The first-order valence-corrected chi connectivity index (χ1v) is 5.84. The van der Waals surface area contributed by atoms with E-state index in [0.29, 0.717) is 37.5 Å². The second-order valence-electron chi connectivity index (χ2n) is 4.67. The molecule has 0 saturated heterocycles. The normalized spacial score (nSPS) is 14.8. The predicted molar refractivity (Wildman–Crippen MR) is 64.3 cm³/mol. The Morgan fingerprint density at radius 1 is 1.29 bits per heavy atom. The lowest BCUT2D eigenvalue weighted by molar-refractivity contribution is 0.167. The fraction of sp³-hybridized carbons (Fsp3) is 0.538. The number of benzene rings is 1. The van der Waals surface area contributed by atoms with Crippen LogP contribution in [-0.4, -0.2) is 19.8 Å². The van der Waals surface area contributed by atoms with Crippen molar-refractivity contribution in [2.75, 3.05) is 19.8 Å². The van der Waals surface area contributed by atoms with E-state index in [1.54, 1.807) is 6.07 Å². The SMILES string of the molecule is CC(C)(F)c1cc(CCN)c2c(c1)OCCO2. The summed E-state index contributed by atoms with van der Waals surface area (Å²) in [5, 5.41) is 0. The van der Waals surface area contributed by atoms with Crippen LogP contribution in [0, 0.1) is 0 Å². The monoisotopic (exact) mass is 239 g/mol. The molecule has 0 atom stereocenters. The molecule has 0 fully saturated rings. The molecule has 0 aromatic heterocycles. The second-order valence-corrected chi connectivity index (χ2v) is 4.67. The third kappa shape index (κ3) is 2.52. The van der Waals surface area contributed by atoms with Gasteiger partial charge in [0.1, 0.15) is 18.9 Å². The van der Waals surface area contributed by atoms with Crippen molar-refractivity contribution >= 4 is 0 Å². The van der Waals surface area contributed by atoms with Gasteiger partial charge >= 0.3 is 0 Å². The fourth-order valence-corrected chi connectivity index (χ4v) is 1.91. The molecular formula is C13H18FNO2. The highest BCUT2D eigenvalue weighted by molar-refractivity contribution is 5.51. The Morgan fingerprint density at radius 2 is 2.00 bits per heavy atom. The van der Waals surface area contributed by atoms with Gasteiger partial charge in [-0.15, -0.1) is 0 Å². The van der Waals surface area contributed by atoms with E-state index in [0.717, 1.165) is 11.3 Å². The lowest BCUT2D eigenvalue weighted by Crippen LogP contribution is -2.19. The Kier molecular flexibility index (Phi) is 3.24. The maximum atomic E-state index is 14.0. The lowest BCUT2D eigenvalue weighted by Gasteiger charge is -2.24. The van der Waals surface area contributed by atoms with Crippen LogP contribution in [-0.2, 0) is 12.1 Å². The summed E-state index contributed by atoms with van der Waals surface area (Å²) in [6.07, 6.45) is 0.662. The zero-order chi connectivity index (χ0) is 12.5. The molecule has 2 N–H and O–H groups in total. The molecule has 1 aliphatic rings. The number of rotatable bonds is 3. The van der Waals surface area contributed by atoms with E-state index in [1.165, 1.54) is 13.8 Å². The van der Waals surface area contributed by atoms with Crippen LogP contribution in [0.4, 0.5) is 4.39 Å². The van der Waals surface area contributed by atoms with Gasteiger partial charge in [0.25, 0.3) is 0 Å². The Labute approximate surface area is 101 Å². The zero-order valence-electron chi connectivity index (χ0n) is 10.3. The summed E-state index contributed by atoms with van der Waals surface area (Å²) in [7, 11) is 0. The number of hydrogen-bond donors (Lipinski definition) is 1. The van der Waals surface area contributed by atoms with Crippen LogP contribution in [0.15, 0.2) is 12.1 Å². The summed E-state index contributed by atoms with van der Waals surface area (Å²) in [6.45, 7) is 4.61. The molecule has 1 aromatic rings. The first-order valence-electron chi connectivity index (χ1n) is 5.84. The first-order chi connectivity index (χ1) is 8.02. The van der Waals surface area contributed by atoms with Gasteiger partial charge in [0, 0.05) is 0 Å². The number of halogens is 1. The van der Waals surface area contributed by atoms with Gasteiger partial charge in [-0.05, 0) is 50.1 Å². The molecule has 3 nitrogen and oxygen atoms in total. The molecule has 0 spiro atoms. The Bertz CT molecular complexity index is 413. The minimum absolute atomic E-state index is 0.505. The minimum atomic E-state index is -1.39. The Morgan fingerprint density at radius 3 is 2.65 bits per heavy atom. The highest BCUT2D eigenvalue weighted by Gasteiger charge is 2.24. The average molecular weight is 239 g/mol. The average Bonchev–Trinajstić information content (AvgIpc) is 2.28. The summed E-state index contributed by atoms with van der Waals surface area (Å²) >= 11 is 0. The predicted octanol–water partition coefficient (Wildman–Crippen LogP) is 2.16. The van der Waals surface area contributed by atoms with Gasteiger partial charge in [0.05, 0.1) is 0 Å². The van der Waals surface area contributed by atoms with E-state index in [4.69, 9.17) is 15.2 Å². The van der Waals surface area contributed by atoms with Crippen LogP contribution in [0.25, 0.3) is 0 Å². The van der Waals surface area contributed by atoms with Crippen molar-refractivity contribution in [1.29, 1.82) is 0 Å². The van der Waals surface area contributed by atoms with Gasteiger partial charge in [-0.2, -0.15) is 0 Å². The molecule has 1 heterocycles. The van der Waals surface area contributed by atoms with Crippen molar-refractivity contribution in [3.8, 4) is 11.5 Å². The van der Waals surface area contributed by atoms with Gasteiger partial charge in [0.15, 0.2) is 11.5 Å². The van der Waals surface area contributed by atoms with Crippen molar-refractivity contribution in [1.82, 2.24) is 0 Å². The van der Waals surface area contributed by atoms with Crippen molar-refractivity contribution in [2.45, 2.75) is 25.9 Å². The van der Waals surface area contributed by atoms with Crippen LogP contribution < -0.4 is 15.2 Å². The molecule has 2 rings (SSSR count). The largest absolute Gasteiger partial charge is 0.486 e. The molecular weight excluding hydrogens is 221 g/mol. The molecule has 0 amide bonds. The van der Waals surface area contributed by atoms with E-state index < -0.39 is 5.67 Å². The quantitative estimate of drug-likeness (QED) is 0.879. The number of nitrogens with two attached hydrogens (primary N) is 1. The second kappa shape index (κ2) is 4.53. The van der Waals surface area contributed by atoms with Crippen LogP contribution >= 0.6 is 0 Å². The molecule has 0 saturated carbocycles.